The molecule has 0 saturated carbocycles. The van der Waals surface area contributed by atoms with Crippen LogP contribution in [0.3, 0.4) is 0 Å². The predicted octanol–water partition coefficient (Wildman–Crippen LogP) is -4.73. The summed E-state index contributed by atoms with van der Waals surface area (Å²) in [5, 5.41) is 77.9. The van der Waals surface area contributed by atoms with Crippen molar-refractivity contribution in [3.05, 3.63) is 0 Å². The summed E-state index contributed by atoms with van der Waals surface area (Å²) in [7, 11) is 0. The molecule has 0 bridgehead atoms. The molecule has 2 saturated heterocycles. The van der Waals surface area contributed by atoms with Gasteiger partial charge in [0.05, 0.1) is 25.4 Å². The minimum atomic E-state index is -1.66. The van der Waals surface area contributed by atoms with Gasteiger partial charge in [0.1, 0.15) is 36.6 Å². The first-order chi connectivity index (χ1) is 10.8. The van der Waals surface area contributed by atoms with E-state index < -0.39 is 74.3 Å². The Morgan fingerprint density at radius 3 is 1.91 bits per heavy atom. The van der Waals surface area contributed by atoms with Gasteiger partial charge in [-0.2, -0.15) is 0 Å². The first kappa shape index (κ1) is 18.9. The van der Waals surface area contributed by atoms with E-state index in [0.717, 1.165) is 0 Å². The van der Waals surface area contributed by atoms with Crippen LogP contribution in [0.4, 0.5) is 0 Å². The Hall–Kier alpha value is -0.400. The van der Waals surface area contributed by atoms with Gasteiger partial charge < -0.3 is 50.3 Å². The third-order valence-electron chi connectivity index (χ3n) is 4.51. The third-order valence-corrected chi connectivity index (χ3v) is 4.51. The van der Waals surface area contributed by atoms with Crippen molar-refractivity contribution in [1.29, 1.82) is 0 Å². The van der Waals surface area contributed by atoms with Gasteiger partial charge in [-0.05, 0) is 0 Å². The Morgan fingerprint density at radius 1 is 0.783 bits per heavy atom. The number of hydrogen-bond donors (Lipinski definition) is 8. The maximum absolute atomic E-state index is 10.4. The highest BCUT2D eigenvalue weighted by Crippen LogP contribution is 2.33. The summed E-state index contributed by atoms with van der Waals surface area (Å²) in [6.45, 7) is -1.23. The molecule has 0 spiro atoms. The first-order valence-corrected chi connectivity index (χ1v) is 7.42. The van der Waals surface area contributed by atoms with Gasteiger partial charge in [-0.3, -0.25) is 0 Å². The largest absolute Gasteiger partial charge is 0.394 e. The lowest BCUT2D eigenvalue weighted by Gasteiger charge is -2.46. The van der Waals surface area contributed by atoms with Crippen LogP contribution >= 0.6 is 0 Å². The average Bonchev–Trinajstić information content (AvgIpc) is 2.54. The van der Waals surface area contributed by atoms with Gasteiger partial charge in [-0.1, -0.05) is 0 Å². The predicted molar refractivity (Wildman–Crippen MR) is 71.9 cm³/mol. The molecule has 0 aliphatic carbocycles. The average molecular weight is 340 g/mol. The van der Waals surface area contributed by atoms with Crippen molar-refractivity contribution in [3.63, 3.8) is 0 Å². The van der Waals surface area contributed by atoms with Crippen LogP contribution in [0.5, 0.6) is 0 Å². The summed E-state index contributed by atoms with van der Waals surface area (Å²) >= 11 is 0. The fourth-order valence-electron chi connectivity index (χ4n) is 3.13. The van der Waals surface area contributed by atoms with Gasteiger partial charge in [0, 0.05) is 12.3 Å². The summed E-state index contributed by atoms with van der Waals surface area (Å²) in [6, 6.07) is 0. The lowest BCUT2D eigenvalue weighted by molar-refractivity contribution is -0.279. The monoisotopic (exact) mass is 340 g/mol. The summed E-state index contributed by atoms with van der Waals surface area (Å²) in [5.74, 6) is -1.02. The molecule has 136 valence electrons. The Bertz CT molecular complexity index is 380. The van der Waals surface area contributed by atoms with E-state index in [1.807, 2.05) is 0 Å². The van der Waals surface area contributed by atoms with Crippen LogP contribution in [0.15, 0.2) is 0 Å². The molecule has 10 heteroatoms. The zero-order valence-corrected chi connectivity index (χ0v) is 12.3. The fourth-order valence-corrected chi connectivity index (χ4v) is 3.13. The Labute approximate surface area is 132 Å². The van der Waals surface area contributed by atoms with E-state index in [1.54, 1.807) is 0 Å². The second-order valence-electron chi connectivity index (χ2n) is 5.99. The van der Waals surface area contributed by atoms with Crippen LogP contribution in [0.2, 0.25) is 0 Å². The van der Waals surface area contributed by atoms with E-state index in [-0.39, 0.29) is 6.42 Å². The molecule has 2 heterocycles. The van der Waals surface area contributed by atoms with Crippen molar-refractivity contribution >= 4 is 0 Å². The van der Waals surface area contributed by atoms with E-state index in [1.165, 1.54) is 0 Å². The van der Waals surface area contributed by atoms with Crippen molar-refractivity contribution in [2.45, 2.75) is 61.5 Å². The fraction of sp³-hybridized carbons (Fsp3) is 1.00. The molecule has 0 aromatic heterocycles. The number of aliphatic hydroxyl groups excluding tert-OH is 8. The van der Waals surface area contributed by atoms with Crippen molar-refractivity contribution in [2.75, 3.05) is 13.2 Å². The van der Waals surface area contributed by atoms with E-state index >= 15 is 0 Å². The minimum Gasteiger partial charge on any atom is -0.394 e. The standard InChI is InChI=1S/C13H24O10/c14-2-5-8(17)4(1-7(16)22-5)9(18)13-12(21)11(20)10(19)6(3-15)23-13/h4-21H,1-3H2/t4-,5-,6-,7-,8+,9-,10-,11+,12-,13+/m1/s1. The quantitative estimate of drug-likeness (QED) is 0.247. The smallest absolute Gasteiger partial charge is 0.155 e. The number of hydrogen-bond acceptors (Lipinski definition) is 10. The topological polar surface area (TPSA) is 180 Å². The molecular formula is C13H24O10. The molecule has 0 unspecified atom stereocenters. The van der Waals surface area contributed by atoms with E-state index in [0.29, 0.717) is 0 Å². The Morgan fingerprint density at radius 2 is 1.35 bits per heavy atom. The zero-order chi connectivity index (χ0) is 17.3. The molecule has 8 N–H and O–H groups in total. The van der Waals surface area contributed by atoms with Crippen LogP contribution in [0.1, 0.15) is 6.42 Å². The number of aliphatic hydroxyl groups is 8. The van der Waals surface area contributed by atoms with E-state index in [4.69, 9.17) is 19.7 Å². The molecular weight excluding hydrogens is 316 g/mol. The molecule has 0 radical (unpaired) electrons. The van der Waals surface area contributed by atoms with E-state index in [2.05, 4.69) is 0 Å². The molecule has 10 atom stereocenters. The van der Waals surface area contributed by atoms with Crippen molar-refractivity contribution < 1.29 is 50.3 Å². The summed E-state index contributed by atoms with van der Waals surface area (Å²) in [5.41, 5.74) is 0. The lowest BCUT2D eigenvalue weighted by atomic mass is 9.80. The van der Waals surface area contributed by atoms with Crippen LogP contribution in [0, 0.1) is 5.92 Å². The maximum Gasteiger partial charge on any atom is 0.155 e. The van der Waals surface area contributed by atoms with Gasteiger partial charge in [0.25, 0.3) is 0 Å². The van der Waals surface area contributed by atoms with Crippen molar-refractivity contribution in [3.8, 4) is 0 Å². The summed E-state index contributed by atoms with van der Waals surface area (Å²) in [6.07, 6.45) is -13.0. The van der Waals surface area contributed by atoms with Crippen molar-refractivity contribution in [2.24, 2.45) is 5.92 Å². The lowest BCUT2D eigenvalue weighted by Crippen LogP contribution is -2.64. The molecule has 0 amide bonds. The molecule has 0 aromatic rings. The van der Waals surface area contributed by atoms with Gasteiger partial charge in [-0.15, -0.1) is 0 Å². The maximum atomic E-state index is 10.4. The number of ether oxygens (including phenoxy) is 2. The highest BCUT2D eigenvalue weighted by Gasteiger charge is 2.50. The highest BCUT2D eigenvalue weighted by atomic mass is 16.6. The first-order valence-electron chi connectivity index (χ1n) is 7.42. The summed E-state index contributed by atoms with van der Waals surface area (Å²) in [4.78, 5) is 0. The minimum absolute atomic E-state index is 0.187. The van der Waals surface area contributed by atoms with Gasteiger partial charge >= 0.3 is 0 Å². The molecule has 2 aliphatic heterocycles. The van der Waals surface area contributed by atoms with Crippen LogP contribution in [-0.4, -0.2) is 109 Å². The SMILES string of the molecule is OC[C@H]1O[C@@H]([C@H](O)[C@@H]2C[C@H](O)O[C@H](CO)[C@H]2O)[C@H](O)[C@@H](O)[C@@H]1O. The molecule has 2 aliphatic rings. The Kier molecular flexibility index (Phi) is 6.30. The van der Waals surface area contributed by atoms with Gasteiger partial charge in [-0.25, -0.2) is 0 Å². The Balaban J connectivity index is 2.15. The van der Waals surface area contributed by atoms with Crippen LogP contribution in [0.25, 0.3) is 0 Å². The summed E-state index contributed by atoms with van der Waals surface area (Å²) < 4.78 is 10.2. The normalized spacial score (nSPS) is 49.8. The second-order valence-corrected chi connectivity index (χ2v) is 5.99. The molecule has 10 nitrogen and oxygen atoms in total. The highest BCUT2D eigenvalue weighted by molar-refractivity contribution is 4.99. The molecule has 0 aromatic carbocycles. The third kappa shape index (κ3) is 3.66. The van der Waals surface area contributed by atoms with E-state index in [9.17, 15) is 30.6 Å². The zero-order valence-electron chi connectivity index (χ0n) is 12.3. The van der Waals surface area contributed by atoms with Crippen molar-refractivity contribution in [1.82, 2.24) is 0 Å². The van der Waals surface area contributed by atoms with Crippen LogP contribution < -0.4 is 0 Å². The second kappa shape index (κ2) is 7.66. The van der Waals surface area contributed by atoms with Crippen LogP contribution in [-0.2, 0) is 9.47 Å². The van der Waals surface area contributed by atoms with Gasteiger partial charge in [0.2, 0.25) is 0 Å². The molecule has 2 fully saturated rings. The van der Waals surface area contributed by atoms with Gasteiger partial charge in [0.15, 0.2) is 6.29 Å². The molecule has 2 rings (SSSR count). The molecule has 23 heavy (non-hydrogen) atoms. The number of rotatable bonds is 4.